The molecule has 176 valence electrons. The quantitative estimate of drug-likeness (QED) is 0.696. The van der Waals surface area contributed by atoms with Crippen molar-refractivity contribution in [1.29, 1.82) is 0 Å². The van der Waals surface area contributed by atoms with Crippen molar-refractivity contribution in [1.82, 2.24) is 4.98 Å². The van der Waals surface area contributed by atoms with Crippen LogP contribution in [0.5, 0.6) is 5.75 Å². The maximum Gasteiger partial charge on any atom is 0.274 e. The Morgan fingerprint density at radius 2 is 2.00 bits per heavy atom. The van der Waals surface area contributed by atoms with Crippen molar-refractivity contribution in [2.24, 2.45) is 10.7 Å². The highest BCUT2D eigenvalue weighted by Gasteiger charge is 2.61. The standard InChI is InChI=1S/C22H24F2N4O4S/c1-12-6-15(32-3)10-26-18(12)19(29)27-14-4-5-17(24)16(7-14)21(2)11-33(30,31)22(20(25)28-21)8-13(23)9-22/h4-7,10,13H,8-9,11H2,1-3H3,(H2,25,28)(H,27,29)/t13?,21-,22?/m0/s1. The molecule has 1 amide bonds. The van der Waals surface area contributed by atoms with E-state index in [1.165, 1.54) is 32.4 Å². The van der Waals surface area contributed by atoms with Gasteiger partial charge in [-0.15, -0.1) is 0 Å². The number of ether oxygens (including phenoxy) is 1. The van der Waals surface area contributed by atoms with Crippen LogP contribution in [0.1, 0.15) is 41.4 Å². The van der Waals surface area contributed by atoms with Gasteiger partial charge in [-0.25, -0.2) is 22.2 Å². The van der Waals surface area contributed by atoms with Crippen LogP contribution < -0.4 is 15.8 Å². The number of nitrogens with one attached hydrogen (secondary N) is 1. The largest absolute Gasteiger partial charge is 0.495 e. The maximum absolute atomic E-state index is 14.8. The Kier molecular flexibility index (Phi) is 5.43. The summed E-state index contributed by atoms with van der Waals surface area (Å²) in [6.45, 7) is 3.15. The number of carbonyl (C=O) groups excluding carboxylic acids is 1. The third kappa shape index (κ3) is 3.73. The average Bonchev–Trinajstić information content (AvgIpc) is 2.70. The van der Waals surface area contributed by atoms with Crippen LogP contribution in [0.4, 0.5) is 14.5 Å². The van der Waals surface area contributed by atoms with E-state index in [0.717, 1.165) is 6.07 Å². The van der Waals surface area contributed by atoms with Gasteiger partial charge in [-0.2, -0.15) is 0 Å². The summed E-state index contributed by atoms with van der Waals surface area (Å²) in [5, 5.41) is 2.65. The first-order valence-electron chi connectivity index (χ1n) is 10.2. The third-order valence-corrected chi connectivity index (χ3v) is 8.99. The smallest absolute Gasteiger partial charge is 0.274 e. The number of carbonyl (C=O) groups is 1. The number of anilines is 1. The number of benzene rings is 1. The minimum Gasteiger partial charge on any atom is -0.495 e. The van der Waals surface area contributed by atoms with Gasteiger partial charge in [-0.3, -0.25) is 9.79 Å². The molecule has 1 aliphatic heterocycles. The zero-order valence-corrected chi connectivity index (χ0v) is 19.2. The molecular formula is C22H24F2N4O4S. The number of rotatable bonds is 4. The lowest BCUT2D eigenvalue weighted by atomic mass is 9.80. The molecule has 2 aliphatic rings. The average molecular weight is 479 g/mol. The number of aromatic nitrogens is 1. The highest BCUT2D eigenvalue weighted by molar-refractivity contribution is 7.93. The minimum atomic E-state index is -3.90. The minimum absolute atomic E-state index is 0.0443. The molecule has 0 radical (unpaired) electrons. The molecule has 11 heteroatoms. The van der Waals surface area contributed by atoms with Crippen LogP contribution in [0.3, 0.4) is 0 Å². The van der Waals surface area contributed by atoms with Crippen molar-refractivity contribution in [2.45, 2.75) is 43.1 Å². The number of amidine groups is 1. The van der Waals surface area contributed by atoms with Crippen molar-refractivity contribution in [3.05, 3.63) is 53.1 Å². The molecule has 1 spiro atoms. The Balaban J connectivity index is 1.67. The van der Waals surface area contributed by atoms with Crippen LogP contribution in [-0.4, -0.2) is 48.9 Å². The summed E-state index contributed by atoms with van der Waals surface area (Å²) >= 11 is 0. The van der Waals surface area contributed by atoms with E-state index < -0.39 is 43.8 Å². The summed E-state index contributed by atoms with van der Waals surface area (Å²) < 4.78 is 58.0. The van der Waals surface area contributed by atoms with Gasteiger partial charge in [0.05, 0.1) is 19.1 Å². The molecule has 0 unspecified atom stereocenters. The number of sulfone groups is 1. The van der Waals surface area contributed by atoms with Crippen molar-refractivity contribution < 1.29 is 26.7 Å². The second kappa shape index (κ2) is 7.75. The van der Waals surface area contributed by atoms with Crippen LogP contribution in [-0.2, 0) is 15.4 Å². The SMILES string of the molecule is COc1cnc(C(=O)Nc2ccc(F)c([C@]3(C)CS(=O)(=O)C4(CC(F)C4)C(N)=N3)c2)c(C)c1. The van der Waals surface area contributed by atoms with Gasteiger partial charge in [-0.05, 0) is 43.7 Å². The predicted molar refractivity (Wildman–Crippen MR) is 120 cm³/mol. The van der Waals surface area contributed by atoms with Crippen LogP contribution in [0, 0.1) is 12.7 Å². The van der Waals surface area contributed by atoms with Crippen LogP contribution in [0.25, 0.3) is 0 Å². The van der Waals surface area contributed by atoms with E-state index in [9.17, 15) is 22.0 Å². The van der Waals surface area contributed by atoms with E-state index in [-0.39, 0.29) is 35.6 Å². The van der Waals surface area contributed by atoms with E-state index in [1.54, 1.807) is 13.0 Å². The molecular weight excluding hydrogens is 454 g/mol. The number of alkyl halides is 1. The molecule has 3 N–H and O–H groups in total. The first-order chi connectivity index (χ1) is 15.4. The second-order valence-corrected chi connectivity index (χ2v) is 11.0. The Labute approximate surface area is 190 Å². The summed E-state index contributed by atoms with van der Waals surface area (Å²) in [4.78, 5) is 21.1. The Morgan fingerprint density at radius 1 is 1.30 bits per heavy atom. The van der Waals surface area contributed by atoms with Gasteiger partial charge in [0.25, 0.3) is 5.91 Å². The van der Waals surface area contributed by atoms with Gasteiger partial charge in [0.2, 0.25) is 0 Å². The highest BCUT2D eigenvalue weighted by Crippen LogP contribution is 2.48. The highest BCUT2D eigenvalue weighted by atomic mass is 32.2. The lowest BCUT2D eigenvalue weighted by Gasteiger charge is -2.48. The molecule has 2 heterocycles. The molecule has 8 nitrogen and oxygen atoms in total. The summed E-state index contributed by atoms with van der Waals surface area (Å²) in [7, 11) is -2.42. The molecule has 1 aliphatic carbocycles. The lowest BCUT2D eigenvalue weighted by Crippen LogP contribution is -2.65. The fourth-order valence-corrected chi connectivity index (χ4v) is 6.90. The van der Waals surface area contributed by atoms with Gasteiger partial charge in [0.1, 0.15) is 39.6 Å². The normalized spacial score (nSPS) is 28.0. The number of nitrogens with two attached hydrogens (primary N) is 1. The van der Waals surface area contributed by atoms with Gasteiger partial charge < -0.3 is 15.8 Å². The summed E-state index contributed by atoms with van der Waals surface area (Å²) in [5.74, 6) is -1.47. The van der Waals surface area contributed by atoms with E-state index in [1.807, 2.05) is 0 Å². The molecule has 33 heavy (non-hydrogen) atoms. The first kappa shape index (κ1) is 23.1. The predicted octanol–water partition coefficient (Wildman–Crippen LogP) is 2.66. The summed E-state index contributed by atoms with van der Waals surface area (Å²) in [6.07, 6.45) is -0.342. The Hall–Kier alpha value is -3.08. The zero-order chi connectivity index (χ0) is 24.2. The van der Waals surface area contributed by atoms with Crippen molar-refractivity contribution in [3.63, 3.8) is 0 Å². The van der Waals surface area contributed by atoms with Crippen LogP contribution in [0.2, 0.25) is 0 Å². The number of aliphatic imine (C=N–C) groups is 1. The monoisotopic (exact) mass is 478 g/mol. The molecule has 1 fully saturated rings. The number of aryl methyl sites for hydroxylation is 1. The molecule has 2 aromatic rings. The number of hydrogen-bond acceptors (Lipinski definition) is 7. The number of methoxy groups -OCH3 is 1. The number of nitrogens with zero attached hydrogens (tertiary/aromatic N) is 2. The van der Waals surface area contributed by atoms with Gasteiger partial charge in [0, 0.05) is 24.1 Å². The Morgan fingerprint density at radius 3 is 2.58 bits per heavy atom. The van der Waals surface area contributed by atoms with Crippen LogP contribution >= 0.6 is 0 Å². The molecule has 1 atom stereocenters. The van der Waals surface area contributed by atoms with E-state index in [0.29, 0.717) is 11.3 Å². The fourth-order valence-electron chi connectivity index (χ4n) is 4.43. The van der Waals surface area contributed by atoms with Crippen molar-refractivity contribution in [3.8, 4) is 5.75 Å². The van der Waals surface area contributed by atoms with E-state index >= 15 is 0 Å². The van der Waals surface area contributed by atoms with E-state index in [2.05, 4.69) is 15.3 Å². The van der Waals surface area contributed by atoms with E-state index in [4.69, 9.17) is 10.5 Å². The summed E-state index contributed by atoms with van der Waals surface area (Å²) in [5.41, 5.74) is 5.39. The zero-order valence-electron chi connectivity index (χ0n) is 18.4. The lowest BCUT2D eigenvalue weighted by molar-refractivity contribution is 0.102. The Bertz CT molecular complexity index is 1280. The number of pyridine rings is 1. The third-order valence-electron chi connectivity index (χ3n) is 6.31. The molecule has 1 saturated carbocycles. The van der Waals surface area contributed by atoms with Gasteiger partial charge in [-0.1, -0.05) is 0 Å². The number of amides is 1. The molecule has 1 aromatic heterocycles. The first-order valence-corrected chi connectivity index (χ1v) is 11.9. The van der Waals surface area contributed by atoms with Gasteiger partial charge in [0.15, 0.2) is 9.84 Å². The van der Waals surface area contributed by atoms with Crippen molar-refractivity contribution in [2.75, 3.05) is 18.2 Å². The summed E-state index contributed by atoms with van der Waals surface area (Å²) in [6, 6.07) is 5.45. The van der Waals surface area contributed by atoms with Crippen LogP contribution in [0.15, 0.2) is 35.5 Å². The number of hydrogen-bond donors (Lipinski definition) is 2. The molecule has 0 bridgehead atoms. The molecule has 4 rings (SSSR count). The second-order valence-electron chi connectivity index (χ2n) is 8.72. The molecule has 0 saturated heterocycles. The van der Waals surface area contributed by atoms with Crippen molar-refractivity contribution >= 4 is 27.3 Å². The fraction of sp³-hybridized carbons (Fsp3) is 0.409. The molecule has 1 aromatic carbocycles. The number of halogens is 2. The topological polar surface area (TPSA) is 124 Å². The van der Waals surface area contributed by atoms with Gasteiger partial charge >= 0.3 is 0 Å². The maximum atomic E-state index is 14.8.